The van der Waals surface area contributed by atoms with Crippen molar-refractivity contribution in [2.45, 2.75) is 20.3 Å². The maximum absolute atomic E-state index is 11.4. The highest BCUT2D eigenvalue weighted by Crippen LogP contribution is 1.97. The third-order valence-corrected chi connectivity index (χ3v) is 1.99. The molecule has 1 aromatic rings. The third kappa shape index (κ3) is 3.05. The summed E-state index contributed by atoms with van der Waals surface area (Å²) in [5.74, 6) is -0.711. The van der Waals surface area contributed by atoms with Gasteiger partial charge < -0.3 is 9.72 Å². The fourth-order valence-corrected chi connectivity index (χ4v) is 1.26. The number of Topliss-reactive ketones (excluding diaryl/α,β-unsaturated/α-hetero) is 1. The molecule has 16 heavy (non-hydrogen) atoms. The number of aromatic nitrogens is 1. The van der Waals surface area contributed by atoms with Crippen molar-refractivity contribution in [3.63, 3.8) is 0 Å². The molecule has 0 aromatic carbocycles. The number of carbonyl (C=O) groups excluding carboxylic acids is 2. The van der Waals surface area contributed by atoms with E-state index in [-0.39, 0.29) is 23.2 Å². The highest BCUT2D eigenvalue weighted by molar-refractivity contribution is 5.93. The molecule has 1 aromatic heterocycles. The molecule has 0 unspecified atom stereocenters. The Bertz CT molecular complexity index is 461. The van der Waals surface area contributed by atoms with Gasteiger partial charge in [-0.25, -0.2) is 0 Å². The lowest BCUT2D eigenvalue weighted by Gasteiger charge is -2.02. The van der Waals surface area contributed by atoms with Crippen LogP contribution in [0.25, 0.3) is 0 Å². The third-order valence-electron chi connectivity index (χ3n) is 1.99. The number of esters is 1. The van der Waals surface area contributed by atoms with E-state index in [4.69, 9.17) is 4.74 Å². The molecule has 0 fully saturated rings. The quantitative estimate of drug-likeness (QED) is 0.601. The molecule has 0 bridgehead atoms. The summed E-state index contributed by atoms with van der Waals surface area (Å²) < 4.78 is 4.74. The average molecular weight is 223 g/mol. The SMILES string of the molecule is CCOC(=O)Cc1cc(=O)c(C(C)=O)c[nH]1. The number of pyridine rings is 1. The second-order valence-corrected chi connectivity index (χ2v) is 3.27. The van der Waals surface area contributed by atoms with E-state index in [2.05, 4.69) is 4.98 Å². The molecule has 0 aliphatic rings. The summed E-state index contributed by atoms with van der Waals surface area (Å²) in [5.41, 5.74) is 0.145. The van der Waals surface area contributed by atoms with Crippen LogP contribution < -0.4 is 5.43 Å². The number of ether oxygens (including phenoxy) is 1. The highest BCUT2D eigenvalue weighted by Gasteiger charge is 2.08. The van der Waals surface area contributed by atoms with E-state index in [1.165, 1.54) is 19.2 Å². The molecule has 86 valence electrons. The molecule has 0 saturated carbocycles. The number of aromatic amines is 1. The molecule has 0 amide bonds. The van der Waals surface area contributed by atoms with Gasteiger partial charge in [-0.05, 0) is 13.8 Å². The van der Waals surface area contributed by atoms with Gasteiger partial charge in [0, 0.05) is 18.0 Å². The molecule has 5 nitrogen and oxygen atoms in total. The van der Waals surface area contributed by atoms with Crippen LogP contribution in [-0.2, 0) is 16.0 Å². The van der Waals surface area contributed by atoms with Crippen LogP contribution in [0.1, 0.15) is 29.9 Å². The van der Waals surface area contributed by atoms with Crippen molar-refractivity contribution in [1.82, 2.24) is 4.98 Å². The molecule has 5 heteroatoms. The molecular formula is C11H13NO4. The number of rotatable bonds is 4. The van der Waals surface area contributed by atoms with Crippen LogP contribution in [0.15, 0.2) is 17.1 Å². The van der Waals surface area contributed by atoms with Gasteiger partial charge in [-0.2, -0.15) is 0 Å². The van der Waals surface area contributed by atoms with E-state index in [0.717, 1.165) is 0 Å². The van der Waals surface area contributed by atoms with E-state index in [9.17, 15) is 14.4 Å². The normalized spacial score (nSPS) is 9.88. The first-order valence-electron chi connectivity index (χ1n) is 4.92. The van der Waals surface area contributed by atoms with Crippen molar-refractivity contribution in [3.8, 4) is 0 Å². The second-order valence-electron chi connectivity index (χ2n) is 3.27. The van der Waals surface area contributed by atoms with E-state index in [0.29, 0.717) is 12.3 Å². The number of H-pyrrole nitrogens is 1. The fraction of sp³-hybridized carbons (Fsp3) is 0.364. The van der Waals surface area contributed by atoms with Gasteiger partial charge in [0.2, 0.25) is 0 Å². The zero-order valence-electron chi connectivity index (χ0n) is 9.20. The van der Waals surface area contributed by atoms with Gasteiger partial charge in [-0.15, -0.1) is 0 Å². The Balaban J connectivity index is 2.86. The van der Waals surface area contributed by atoms with Crippen LogP contribution in [0.4, 0.5) is 0 Å². The minimum atomic E-state index is -0.409. The number of carbonyl (C=O) groups is 2. The number of hydrogen-bond donors (Lipinski definition) is 1. The molecule has 0 atom stereocenters. The predicted octanol–water partition coefficient (Wildman–Crippen LogP) is 0.683. The Hall–Kier alpha value is -1.91. The summed E-state index contributed by atoms with van der Waals surface area (Å²) in [5, 5.41) is 0. The lowest BCUT2D eigenvalue weighted by molar-refractivity contribution is -0.142. The van der Waals surface area contributed by atoms with Crippen molar-refractivity contribution in [2.75, 3.05) is 6.61 Å². The zero-order chi connectivity index (χ0) is 12.1. The molecular weight excluding hydrogens is 210 g/mol. The summed E-state index contributed by atoms with van der Waals surface area (Å²) in [7, 11) is 0. The molecule has 1 N–H and O–H groups in total. The van der Waals surface area contributed by atoms with Crippen molar-refractivity contribution in [2.24, 2.45) is 0 Å². The maximum atomic E-state index is 11.4. The van der Waals surface area contributed by atoms with Gasteiger partial charge in [-0.1, -0.05) is 0 Å². The molecule has 0 radical (unpaired) electrons. The van der Waals surface area contributed by atoms with Crippen LogP contribution in [0.3, 0.4) is 0 Å². The first-order valence-corrected chi connectivity index (χ1v) is 4.92. The Morgan fingerprint density at radius 1 is 1.44 bits per heavy atom. The van der Waals surface area contributed by atoms with Crippen molar-refractivity contribution < 1.29 is 14.3 Å². The van der Waals surface area contributed by atoms with Crippen molar-refractivity contribution >= 4 is 11.8 Å². The Morgan fingerprint density at radius 3 is 2.62 bits per heavy atom. The summed E-state index contributed by atoms with van der Waals surface area (Å²) in [4.78, 5) is 36.3. The zero-order valence-corrected chi connectivity index (χ0v) is 9.20. The van der Waals surface area contributed by atoms with E-state index < -0.39 is 5.97 Å². The van der Waals surface area contributed by atoms with E-state index in [1.807, 2.05) is 0 Å². The van der Waals surface area contributed by atoms with E-state index >= 15 is 0 Å². The average Bonchev–Trinajstić information content (AvgIpc) is 2.17. The number of nitrogens with one attached hydrogen (secondary N) is 1. The lowest BCUT2D eigenvalue weighted by atomic mass is 10.1. The molecule has 0 saturated heterocycles. The van der Waals surface area contributed by atoms with Crippen LogP contribution in [0, 0.1) is 0 Å². The molecule has 0 aliphatic carbocycles. The summed E-state index contributed by atoms with van der Waals surface area (Å²) in [6, 6.07) is 1.24. The second kappa shape index (κ2) is 5.25. The fourth-order valence-electron chi connectivity index (χ4n) is 1.26. The first-order chi connectivity index (χ1) is 7.54. The first kappa shape index (κ1) is 12.2. The molecule has 1 rings (SSSR count). The minimum Gasteiger partial charge on any atom is -0.466 e. The molecule has 1 heterocycles. The standard InChI is InChI=1S/C11H13NO4/c1-3-16-11(15)5-8-4-10(14)9(6-12-8)7(2)13/h4,6H,3,5H2,1-2H3,(H,12,14). The summed E-state index contributed by atoms with van der Waals surface area (Å²) in [6.45, 7) is 3.32. The van der Waals surface area contributed by atoms with Gasteiger partial charge in [0.25, 0.3) is 0 Å². The van der Waals surface area contributed by atoms with Crippen LogP contribution in [0.5, 0.6) is 0 Å². The number of hydrogen-bond acceptors (Lipinski definition) is 4. The lowest BCUT2D eigenvalue weighted by Crippen LogP contribution is -2.16. The topological polar surface area (TPSA) is 76.2 Å². The van der Waals surface area contributed by atoms with Crippen molar-refractivity contribution in [3.05, 3.63) is 33.7 Å². The van der Waals surface area contributed by atoms with Crippen LogP contribution in [0.2, 0.25) is 0 Å². The van der Waals surface area contributed by atoms with Gasteiger partial charge in [0.1, 0.15) is 0 Å². The largest absolute Gasteiger partial charge is 0.466 e. The van der Waals surface area contributed by atoms with Gasteiger partial charge in [-0.3, -0.25) is 14.4 Å². The Labute approximate surface area is 92.4 Å². The van der Waals surface area contributed by atoms with Crippen LogP contribution in [-0.4, -0.2) is 23.3 Å². The maximum Gasteiger partial charge on any atom is 0.311 e. The monoisotopic (exact) mass is 223 g/mol. The predicted molar refractivity (Wildman–Crippen MR) is 57.4 cm³/mol. The van der Waals surface area contributed by atoms with E-state index in [1.54, 1.807) is 6.92 Å². The Morgan fingerprint density at radius 2 is 2.12 bits per heavy atom. The van der Waals surface area contributed by atoms with Gasteiger partial charge in [0.15, 0.2) is 11.2 Å². The smallest absolute Gasteiger partial charge is 0.311 e. The highest BCUT2D eigenvalue weighted by atomic mass is 16.5. The van der Waals surface area contributed by atoms with Crippen LogP contribution >= 0.6 is 0 Å². The summed E-state index contributed by atoms with van der Waals surface area (Å²) >= 11 is 0. The summed E-state index contributed by atoms with van der Waals surface area (Å²) in [6.07, 6.45) is 1.32. The van der Waals surface area contributed by atoms with Gasteiger partial charge in [0.05, 0.1) is 18.6 Å². The number of ketones is 1. The molecule has 0 aliphatic heterocycles. The Kier molecular flexibility index (Phi) is 3.99. The molecule has 0 spiro atoms. The minimum absolute atomic E-state index is 0.00125. The van der Waals surface area contributed by atoms with Crippen molar-refractivity contribution in [1.29, 1.82) is 0 Å². The van der Waals surface area contributed by atoms with Gasteiger partial charge >= 0.3 is 5.97 Å².